The van der Waals surface area contributed by atoms with Crippen LogP contribution in [0, 0.1) is 18.2 Å². The van der Waals surface area contributed by atoms with E-state index in [1.807, 2.05) is 0 Å². The van der Waals surface area contributed by atoms with E-state index in [9.17, 15) is 4.39 Å². The zero-order valence-corrected chi connectivity index (χ0v) is 8.71. The second kappa shape index (κ2) is 6.89. The smallest absolute Gasteiger partial charge is 0.123 e. The van der Waals surface area contributed by atoms with Crippen LogP contribution in [0.5, 0.6) is 5.75 Å². The van der Waals surface area contributed by atoms with Gasteiger partial charge < -0.3 is 4.74 Å². The summed E-state index contributed by atoms with van der Waals surface area (Å²) in [5.74, 6) is 3.08. The Balaban J connectivity index is 2.10. The van der Waals surface area contributed by atoms with Crippen molar-refractivity contribution in [2.24, 2.45) is 0 Å². The largest absolute Gasteiger partial charge is 0.494 e. The van der Waals surface area contributed by atoms with Crippen molar-refractivity contribution in [3.05, 3.63) is 30.1 Å². The Morgan fingerprint density at radius 2 is 1.87 bits per heavy atom. The van der Waals surface area contributed by atoms with Crippen LogP contribution in [-0.4, -0.2) is 6.61 Å². The number of terminal acetylenes is 1. The monoisotopic (exact) mass is 206 g/mol. The van der Waals surface area contributed by atoms with Crippen LogP contribution < -0.4 is 4.74 Å². The first-order valence-corrected chi connectivity index (χ1v) is 5.15. The Morgan fingerprint density at radius 3 is 2.53 bits per heavy atom. The maximum atomic E-state index is 12.5. The van der Waals surface area contributed by atoms with Gasteiger partial charge in [0.15, 0.2) is 0 Å². The lowest BCUT2D eigenvalue weighted by atomic mass is 10.2. The van der Waals surface area contributed by atoms with Gasteiger partial charge in [0.2, 0.25) is 0 Å². The molecule has 0 spiro atoms. The number of halogens is 1. The normalized spacial score (nSPS) is 9.60. The van der Waals surface area contributed by atoms with E-state index in [4.69, 9.17) is 11.2 Å². The molecule has 0 aliphatic carbocycles. The first-order chi connectivity index (χ1) is 7.33. The molecule has 0 amide bonds. The third-order valence-corrected chi connectivity index (χ3v) is 2.05. The molecule has 0 fully saturated rings. The lowest BCUT2D eigenvalue weighted by Crippen LogP contribution is -1.97. The molecule has 80 valence electrons. The molecule has 1 rings (SSSR count). The van der Waals surface area contributed by atoms with Gasteiger partial charge >= 0.3 is 0 Å². The predicted octanol–water partition coefficient (Wildman–Crippen LogP) is 3.40. The van der Waals surface area contributed by atoms with Crippen LogP contribution in [0.2, 0.25) is 0 Å². The molecule has 1 aromatic carbocycles. The molecular weight excluding hydrogens is 191 g/mol. The quantitative estimate of drug-likeness (QED) is 0.512. The first-order valence-electron chi connectivity index (χ1n) is 5.15. The van der Waals surface area contributed by atoms with Gasteiger partial charge in [-0.25, -0.2) is 4.39 Å². The fourth-order valence-corrected chi connectivity index (χ4v) is 1.23. The Bertz CT molecular complexity index is 310. The molecule has 0 bridgehead atoms. The summed E-state index contributed by atoms with van der Waals surface area (Å²) in [5, 5.41) is 0. The van der Waals surface area contributed by atoms with Gasteiger partial charge in [0, 0.05) is 6.42 Å². The Kier molecular flexibility index (Phi) is 5.32. The summed E-state index contributed by atoms with van der Waals surface area (Å²) in [6.07, 6.45) is 9.07. The molecule has 0 saturated heterocycles. The van der Waals surface area contributed by atoms with Crippen molar-refractivity contribution in [3.63, 3.8) is 0 Å². The number of rotatable bonds is 6. The molecule has 0 saturated carbocycles. The molecule has 0 aliphatic rings. The van der Waals surface area contributed by atoms with E-state index in [0.29, 0.717) is 12.4 Å². The van der Waals surface area contributed by atoms with Gasteiger partial charge in [-0.3, -0.25) is 0 Å². The molecule has 0 radical (unpaired) electrons. The van der Waals surface area contributed by atoms with E-state index >= 15 is 0 Å². The van der Waals surface area contributed by atoms with Crippen LogP contribution in [0.15, 0.2) is 24.3 Å². The first kappa shape index (κ1) is 11.6. The SMILES string of the molecule is C#CCCCCCOc1ccc(F)cc1. The minimum Gasteiger partial charge on any atom is -0.494 e. The Morgan fingerprint density at radius 1 is 1.13 bits per heavy atom. The van der Waals surface area contributed by atoms with E-state index in [2.05, 4.69) is 5.92 Å². The summed E-state index contributed by atoms with van der Waals surface area (Å²) >= 11 is 0. The number of hydrogen-bond donors (Lipinski definition) is 0. The summed E-state index contributed by atoms with van der Waals surface area (Å²) < 4.78 is 18.0. The van der Waals surface area contributed by atoms with E-state index in [1.165, 1.54) is 12.1 Å². The highest BCUT2D eigenvalue weighted by Gasteiger charge is 1.94. The molecule has 0 aromatic heterocycles. The third-order valence-electron chi connectivity index (χ3n) is 2.05. The minimum atomic E-state index is -0.239. The van der Waals surface area contributed by atoms with Crippen molar-refractivity contribution in [1.29, 1.82) is 0 Å². The highest BCUT2D eigenvalue weighted by molar-refractivity contribution is 5.21. The van der Waals surface area contributed by atoms with Crippen molar-refractivity contribution in [3.8, 4) is 18.1 Å². The maximum Gasteiger partial charge on any atom is 0.123 e. The van der Waals surface area contributed by atoms with Gasteiger partial charge in [0.05, 0.1) is 6.61 Å². The van der Waals surface area contributed by atoms with Gasteiger partial charge in [-0.15, -0.1) is 12.3 Å². The topological polar surface area (TPSA) is 9.23 Å². The lowest BCUT2D eigenvalue weighted by Gasteiger charge is -2.04. The van der Waals surface area contributed by atoms with Crippen LogP contribution in [0.4, 0.5) is 4.39 Å². The van der Waals surface area contributed by atoms with E-state index in [-0.39, 0.29) is 5.82 Å². The molecule has 0 unspecified atom stereocenters. The Hall–Kier alpha value is -1.49. The summed E-state index contributed by atoms with van der Waals surface area (Å²) in [6, 6.07) is 6.06. The third kappa shape index (κ3) is 5.07. The van der Waals surface area contributed by atoms with Crippen molar-refractivity contribution in [2.45, 2.75) is 25.7 Å². The molecule has 0 atom stereocenters. The fourth-order valence-electron chi connectivity index (χ4n) is 1.23. The van der Waals surface area contributed by atoms with Crippen molar-refractivity contribution >= 4 is 0 Å². The molecule has 2 heteroatoms. The Labute approximate surface area is 90.3 Å². The van der Waals surface area contributed by atoms with Crippen molar-refractivity contribution in [2.75, 3.05) is 6.61 Å². The van der Waals surface area contributed by atoms with E-state index < -0.39 is 0 Å². The predicted molar refractivity (Wildman–Crippen MR) is 59.2 cm³/mol. The van der Waals surface area contributed by atoms with Crippen LogP contribution in [-0.2, 0) is 0 Å². The van der Waals surface area contributed by atoms with Crippen molar-refractivity contribution in [1.82, 2.24) is 0 Å². The number of ether oxygens (including phenoxy) is 1. The number of benzene rings is 1. The zero-order valence-electron chi connectivity index (χ0n) is 8.71. The van der Waals surface area contributed by atoms with E-state index in [0.717, 1.165) is 25.7 Å². The number of unbranched alkanes of at least 4 members (excludes halogenated alkanes) is 3. The van der Waals surface area contributed by atoms with Gasteiger partial charge in [-0.05, 0) is 43.5 Å². The van der Waals surface area contributed by atoms with Crippen LogP contribution in [0.1, 0.15) is 25.7 Å². The fraction of sp³-hybridized carbons (Fsp3) is 0.385. The van der Waals surface area contributed by atoms with Crippen LogP contribution in [0.25, 0.3) is 0 Å². The van der Waals surface area contributed by atoms with Crippen molar-refractivity contribution < 1.29 is 9.13 Å². The molecule has 0 aliphatic heterocycles. The average molecular weight is 206 g/mol. The molecular formula is C13H15FO. The van der Waals surface area contributed by atoms with E-state index in [1.54, 1.807) is 12.1 Å². The van der Waals surface area contributed by atoms with Gasteiger partial charge in [-0.2, -0.15) is 0 Å². The highest BCUT2D eigenvalue weighted by atomic mass is 19.1. The van der Waals surface area contributed by atoms with Gasteiger partial charge in [0.25, 0.3) is 0 Å². The average Bonchev–Trinajstić information content (AvgIpc) is 2.26. The highest BCUT2D eigenvalue weighted by Crippen LogP contribution is 2.11. The molecule has 1 aromatic rings. The molecule has 1 nitrogen and oxygen atoms in total. The maximum absolute atomic E-state index is 12.5. The molecule has 15 heavy (non-hydrogen) atoms. The number of hydrogen-bond acceptors (Lipinski definition) is 1. The lowest BCUT2D eigenvalue weighted by molar-refractivity contribution is 0.305. The summed E-state index contributed by atoms with van der Waals surface area (Å²) in [7, 11) is 0. The van der Waals surface area contributed by atoms with Crippen LogP contribution in [0.3, 0.4) is 0 Å². The molecule has 0 heterocycles. The standard InChI is InChI=1S/C13H15FO/c1-2-3-4-5-6-11-15-13-9-7-12(14)8-10-13/h1,7-10H,3-6,11H2. The minimum absolute atomic E-state index is 0.239. The second-order valence-corrected chi connectivity index (χ2v) is 3.32. The van der Waals surface area contributed by atoms with Gasteiger partial charge in [0.1, 0.15) is 11.6 Å². The summed E-state index contributed by atoms with van der Waals surface area (Å²) in [5.41, 5.74) is 0. The summed E-state index contributed by atoms with van der Waals surface area (Å²) in [6.45, 7) is 0.663. The zero-order chi connectivity index (χ0) is 10.9. The molecule has 0 N–H and O–H groups in total. The summed E-state index contributed by atoms with van der Waals surface area (Å²) in [4.78, 5) is 0. The second-order valence-electron chi connectivity index (χ2n) is 3.32. The van der Waals surface area contributed by atoms with Crippen LogP contribution >= 0.6 is 0 Å². The van der Waals surface area contributed by atoms with Gasteiger partial charge in [-0.1, -0.05) is 0 Å².